The highest BCUT2D eigenvalue weighted by Gasteiger charge is 2.30. The van der Waals surface area contributed by atoms with E-state index in [1.807, 2.05) is 42.5 Å². The van der Waals surface area contributed by atoms with E-state index in [1.165, 1.54) is 11.4 Å². The number of amides is 2. The van der Waals surface area contributed by atoms with Gasteiger partial charge in [-0.2, -0.15) is 0 Å². The Labute approximate surface area is 235 Å². The number of halogens is 1. The third kappa shape index (κ3) is 8.73. The number of carbonyl (C=O) groups excluding carboxylic acids is 2. The van der Waals surface area contributed by atoms with Crippen LogP contribution < -0.4 is 14.4 Å². The number of ether oxygens (including phenoxy) is 1. The zero-order chi connectivity index (χ0) is 28.4. The van der Waals surface area contributed by atoms with Crippen LogP contribution in [0.4, 0.5) is 5.69 Å². The van der Waals surface area contributed by atoms with Crippen molar-refractivity contribution in [2.75, 3.05) is 31.3 Å². The first-order valence-corrected chi connectivity index (χ1v) is 14.8. The van der Waals surface area contributed by atoms with Crippen LogP contribution in [0.25, 0.3) is 0 Å². The minimum atomic E-state index is -3.61. The summed E-state index contributed by atoms with van der Waals surface area (Å²) in [5.74, 6) is -0.00965. The Balaban J connectivity index is 1.84. The van der Waals surface area contributed by atoms with Gasteiger partial charge in [0.15, 0.2) is 0 Å². The number of benzene rings is 3. The van der Waals surface area contributed by atoms with Crippen LogP contribution in [0, 0.1) is 0 Å². The number of methoxy groups -OCH3 is 1. The molecule has 0 saturated carbocycles. The molecular weight excluding hydrogens is 538 g/mol. The van der Waals surface area contributed by atoms with Gasteiger partial charge in [-0.15, -0.1) is 0 Å². The van der Waals surface area contributed by atoms with E-state index in [4.69, 9.17) is 16.3 Å². The van der Waals surface area contributed by atoms with E-state index in [1.54, 1.807) is 48.3 Å². The molecule has 2 amide bonds. The van der Waals surface area contributed by atoms with Gasteiger partial charge in [-0.25, -0.2) is 8.42 Å². The molecule has 3 aromatic rings. The maximum atomic E-state index is 13.7. The number of nitrogens with zero attached hydrogens (tertiary/aromatic N) is 2. The topological polar surface area (TPSA) is 96.0 Å². The Kier molecular flexibility index (Phi) is 10.8. The minimum Gasteiger partial charge on any atom is -0.497 e. The number of rotatable bonds is 13. The molecular formula is C29H34ClN3O5S. The molecule has 208 valence electrons. The predicted octanol–water partition coefficient (Wildman–Crippen LogP) is 4.28. The number of sulfonamides is 1. The van der Waals surface area contributed by atoms with Crippen molar-refractivity contribution in [3.05, 3.63) is 95.0 Å². The fourth-order valence-electron chi connectivity index (χ4n) is 4.28. The largest absolute Gasteiger partial charge is 0.497 e. The summed E-state index contributed by atoms with van der Waals surface area (Å²) < 4.78 is 31.6. The van der Waals surface area contributed by atoms with Crippen molar-refractivity contribution < 1.29 is 22.7 Å². The van der Waals surface area contributed by atoms with Crippen LogP contribution in [0.15, 0.2) is 78.9 Å². The standard InChI is InChI=1S/C29H34ClN3O5S/c1-31-29(35)27(19-22-9-5-4-6-10-22)32(21-23-14-16-24(30)17-15-23)28(34)13-8-18-33(39(3,36)37)25-11-7-12-26(20-25)38-2/h4-7,9-12,14-17,20,27H,8,13,18-19,21H2,1-3H3,(H,31,35)/t27-/m0/s1. The quantitative estimate of drug-likeness (QED) is 0.330. The van der Waals surface area contributed by atoms with Crippen LogP contribution in [-0.2, 0) is 32.6 Å². The second-order valence-corrected chi connectivity index (χ2v) is 11.5. The average molecular weight is 572 g/mol. The molecule has 0 aliphatic rings. The van der Waals surface area contributed by atoms with Gasteiger partial charge >= 0.3 is 0 Å². The number of anilines is 1. The lowest BCUT2D eigenvalue weighted by Crippen LogP contribution is -2.49. The van der Waals surface area contributed by atoms with Crippen molar-refractivity contribution in [1.82, 2.24) is 10.2 Å². The van der Waals surface area contributed by atoms with E-state index >= 15 is 0 Å². The fraction of sp³-hybridized carbons (Fsp3) is 0.310. The zero-order valence-electron chi connectivity index (χ0n) is 22.3. The summed E-state index contributed by atoms with van der Waals surface area (Å²) in [5.41, 5.74) is 2.19. The molecule has 0 radical (unpaired) electrons. The van der Waals surface area contributed by atoms with E-state index in [0.29, 0.717) is 22.9 Å². The molecule has 3 rings (SSSR count). The Hall–Kier alpha value is -3.56. The lowest BCUT2D eigenvalue weighted by molar-refractivity contribution is -0.141. The van der Waals surface area contributed by atoms with Gasteiger partial charge in [-0.3, -0.25) is 13.9 Å². The van der Waals surface area contributed by atoms with E-state index in [-0.39, 0.29) is 37.7 Å². The van der Waals surface area contributed by atoms with Crippen molar-refractivity contribution in [2.45, 2.75) is 31.8 Å². The highest BCUT2D eigenvalue weighted by Crippen LogP contribution is 2.24. The molecule has 39 heavy (non-hydrogen) atoms. The van der Waals surface area contributed by atoms with Gasteiger partial charge in [0.25, 0.3) is 0 Å². The molecule has 0 unspecified atom stereocenters. The summed E-state index contributed by atoms with van der Waals surface area (Å²) in [6.07, 6.45) is 1.76. The maximum absolute atomic E-state index is 13.7. The summed E-state index contributed by atoms with van der Waals surface area (Å²) in [7, 11) is -0.557. The lowest BCUT2D eigenvalue weighted by atomic mass is 10.0. The Morgan fingerprint density at radius 3 is 2.28 bits per heavy atom. The second kappa shape index (κ2) is 14.0. The van der Waals surface area contributed by atoms with Gasteiger partial charge in [0.1, 0.15) is 11.8 Å². The Morgan fingerprint density at radius 1 is 0.974 bits per heavy atom. The van der Waals surface area contributed by atoms with Crippen molar-refractivity contribution in [1.29, 1.82) is 0 Å². The van der Waals surface area contributed by atoms with Crippen LogP contribution in [0.1, 0.15) is 24.0 Å². The van der Waals surface area contributed by atoms with Crippen LogP contribution >= 0.6 is 11.6 Å². The van der Waals surface area contributed by atoms with Crippen molar-refractivity contribution >= 4 is 39.1 Å². The van der Waals surface area contributed by atoms with Crippen molar-refractivity contribution in [3.63, 3.8) is 0 Å². The van der Waals surface area contributed by atoms with Gasteiger partial charge in [0, 0.05) is 44.1 Å². The SMILES string of the molecule is CNC(=O)[C@H](Cc1ccccc1)N(Cc1ccc(Cl)cc1)C(=O)CCCN(c1cccc(OC)c1)S(C)(=O)=O. The van der Waals surface area contributed by atoms with Crippen LogP contribution in [0.5, 0.6) is 5.75 Å². The summed E-state index contributed by atoms with van der Waals surface area (Å²) >= 11 is 6.05. The molecule has 0 aromatic heterocycles. The van der Waals surface area contributed by atoms with Gasteiger partial charge in [0.05, 0.1) is 19.1 Å². The van der Waals surface area contributed by atoms with Crippen LogP contribution in [0.2, 0.25) is 5.02 Å². The van der Waals surface area contributed by atoms with E-state index in [0.717, 1.165) is 17.4 Å². The first kappa shape index (κ1) is 30.0. The number of nitrogens with one attached hydrogen (secondary N) is 1. The second-order valence-electron chi connectivity index (χ2n) is 9.11. The lowest BCUT2D eigenvalue weighted by Gasteiger charge is -2.31. The van der Waals surface area contributed by atoms with Crippen molar-refractivity contribution in [2.24, 2.45) is 0 Å². The first-order valence-electron chi connectivity index (χ1n) is 12.5. The Bertz CT molecular complexity index is 1350. The Morgan fingerprint density at radius 2 is 1.67 bits per heavy atom. The smallest absolute Gasteiger partial charge is 0.242 e. The number of likely N-dealkylation sites (N-methyl/N-ethyl adjacent to an activating group) is 1. The van der Waals surface area contributed by atoms with Crippen molar-refractivity contribution in [3.8, 4) is 5.75 Å². The minimum absolute atomic E-state index is 0.0475. The molecule has 8 nitrogen and oxygen atoms in total. The summed E-state index contributed by atoms with van der Waals surface area (Å²) in [5, 5.41) is 3.26. The molecule has 1 N–H and O–H groups in total. The van der Waals surface area contributed by atoms with Crippen LogP contribution in [-0.4, -0.2) is 58.1 Å². The molecule has 0 heterocycles. The van der Waals surface area contributed by atoms with E-state index in [9.17, 15) is 18.0 Å². The van der Waals surface area contributed by atoms with E-state index < -0.39 is 16.1 Å². The molecule has 0 bridgehead atoms. The molecule has 1 atom stereocenters. The molecule has 0 aliphatic carbocycles. The normalized spacial score (nSPS) is 11.9. The third-order valence-corrected chi connectivity index (χ3v) is 7.72. The number of hydrogen-bond donors (Lipinski definition) is 1. The van der Waals surface area contributed by atoms with Gasteiger partial charge in [-0.05, 0) is 41.8 Å². The molecule has 0 spiro atoms. The van der Waals surface area contributed by atoms with E-state index in [2.05, 4.69) is 5.32 Å². The number of carbonyl (C=O) groups is 2. The van der Waals surface area contributed by atoms with Gasteiger partial charge < -0.3 is 15.0 Å². The molecule has 0 saturated heterocycles. The third-order valence-electron chi connectivity index (χ3n) is 6.28. The molecule has 0 aliphatic heterocycles. The van der Waals surface area contributed by atoms with Gasteiger partial charge in [-0.1, -0.05) is 60.1 Å². The van der Waals surface area contributed by atoms with Crippen LogP contribution in [0.3, 0.4) is 0 Å². The molecule has 3 aromatic carbocycles. The van der Waals surface area contributed by atoms with Gasteiger partial charge in [0.2, 0.25) is 21.8 Å². The zero-order valence-corrected chi connectivity index (χ0v) is 23.9. The summed E-state index contributed by atoms with van der Waals surface area (Å²) in [6, 6.07) is 22.6. The maximum Gasteiger partial charge on any atom is 0.242 e. The highest BCUT2D eigenvalue weighted by atomic mass is 35.5. The fourth-order valence-corrected chi connectivity index (χ4v) is 5.36. The monoisotopic (exact) mass is 571 g/mol. The molecule has 10 heteroatoms. The first-order chi connectivity index (χ1) is 18.6. The number of hydrogen-bond acceptors (Lipinski definition) is 5. The summed E-state index contributed by atoms with van der Waals surface area (Å²) in [4.78, 5) is 28.3. The summed E-state index contributed by atoms with van der Waals surface area (Å²) in [6.45, 7) is 0.294. The predicted molar refractivity (Wildman–Crippen MR) is 154 cm³/mol. The average Bonchev–Trinajstić information content (AvgIpc) is 2.93. The highest BCUT2D eigenvalue weighted by molar-refractivity contribution is 7.92. The molecule has 0 fully saturated rings.